The zero-order valence-electron chi connectivity index (χ0n) is 36.4. The van der Waals surface area contributed by atoms with E-state index in [1.807, 2.05) is 0 Å². The van der Waals surface area contributed by atoms with Gasteiger partial charge in [0, 0.05) is 12.2 Å². The molecule has 352 valence electrons. The van der Waals surface area contributed by atoms with Gasteiger partial charge in [-0.3, -0.25) is 19.2 Å². The first-order valence-electron chi connectivity index (χ1n) is 20.8. The molecular formula is C51H40O18. The number of carbonyl (C=O) groups excluding carboxylic acids is 8. The maximum atomic E-state index is 13.3. The first kappa shape index (κ1) is 49.2. The predicted molar refractivity (Wildman–Crippen MR) is 243 cm³/mol. The Morgan fingerprint density at radius 2 is 0.783 bits per heavy atom. The van der Waals surface area contributed by atoms with Gasteiger partial charge in [0.05, 0.1) is 36.8 Å². The Kier molecular flexibility index (Phi) is 16.6. The molecule has 6 rings (SSSR count). The zero-order chi connectivity index (χ0) is 49.5. The van der Waals surface area contributed by atoms with Crippen LogP contribution in [-0.4, -0.2) is 85.3 Å². The van der Waals surface area contributed by atoms with Crippen LogP contribution >= 0.6 is 0 Å². The Morgan fingerprint density at radius 1 is 0.406 bits per heavy atom. The molecule has 0 amide bonds. The molecule has 0 atom stereocenters. The summed E-state index contributed by atoms with van der Waals surface area (Å²) in [5.41, 5.74) is -0.0541. The lowest BCUT2D eigenvalue weighted by atomic mass is 10.0. The van der Waals surface area contributed by atoms with Crippen molar-refractivity contribution in [3.05, 3.63) is 145 Å². The van der Waals surface area contributed by atoms with Gasteiger partial charge in [0.25, 0.3) is 0 Å². The molecule has 1 N–H and O–H groups in total. The summed E-state index contributed by atoms with van der Waals surface area (Å²) >= 11 is 0. The normalized spacial score (nSPS) is 10.6. The van der Waals surface area contributed by atoms with Crippen LogP contribution < -0.4 is 18.9 Å². The molecule has 69 heavy (non-hydrogen) atoms. The maximum absolute atomic E-state index is 13.3. The number of carboxylic acids is 1. The molecule has 6 aromatic carbocycles. The number of carboxylic acid groups (broad SMARTS) is 1. The van der Waals surface area contributed by atoms with Crippen LogP contribution in [0.15, 0.2) is 128 Å². The van der Waals surface area contributed by atoms with Crippen molar-refractivity contribution >= 4 is 86.0 Å². The van der Waals surface area contributed by atoms with E-state index in [0.29, 0.717) is 32.3 Å². The summed E-state index contributed by atoms with van der Waals surface area (Å²) in [6.07, 6.45) is 0.899. The largest absolute Gasteiger partial charge is 0.478 e. The third-order valence-electron chi connectivity index (χ3n) is 9.69. The molecule has 0 radical (unpaired) electrons. The number of carbonyl (C=O) groups is 9. The molecule has 6 aromatic rings. The molecule has 18 nitrogen and oxygen atoms in total. The van der Waals surface area contributed by atoms with E-state index in [1.165, 1.54) is 54.6 Å². The van der Waals surface area contributed by atoms with Crippen molar-refractivity contribution in [2.24, 2.45) is 0 Å². The van der Waals surface area contributed by atoms with E-state index in [9.17, 15) is 48.3 Å². The first-order valence-corrected chi connectivity index (χ1v) is 20.8. The van der Waals surface area contributed by atoms with Crippen LogP contribution in [0.5, 0.6) is 23.0 Å². The van der Waals surface area contributed by atoms with Crippen LogP contribution in [0.4, 0.5) is 0 Å². The van der Waals surface area contributed by atoms with Crippen LogP contribution in [0.2, 0.25) is 0 Å². The van der Waals surface area contributed by atoms with Crippen LogP contribution in [0, 0.1) is 0 Å². The Labute approximate surface area is 391 Å². The molecule has 0 saturated heterocycles. The number of hydrogen-bond acceptors (Lipinski definition) is 17. The summed E-state index contributed by atoms with van der Waals surface area (Å²) in [6.45, 7) is 5.84. The van der Waals surface area contributed by atoms with E-state index in [-0.39, 0.29) is 91.8 Å². The number of benzene rings is 6. The van der Waals surface area contributed by atoms with Gasteiger partial charge in [-0.2, -0.15) is 0 Å². The van der Waals surface area contributed by atoms with Gasteiger partial charge in [-0.25, -0.2) is 24.0 Å². The summed E-state index contributed by atoms with van der Waals surface area (Å²) in [5, 5.41) is 13.3. The highest BCUT2D eigenvalue weighted by Crippen LogP contribution is 2.31. The third kappa shape index (κ3) is 14.2. The monoisotopic (exact) mass is 940 g/mol. The van der Waals surface area contributed by atoms with Gasteiger partial charge in [-0.1, -0.05) is 43.5 Å². The van der Waals surface area contributed by atoms with Gasteiger partial charge in [-0.15, -0.1) is 0 Å². The maximum Gasteiger partial charge on any atom is 0.343 e. The first-order chi connectivity index (χ1) is 33.2. The second-order valence-corrected chi connectivity index (χ2v) is 14.5. The second-order valence-electron chi connectivity index (χ2n) is 14.5. The van der Waals surface area contributed by atoms with Crippen LogP contribution in [0.3, 0.4) is 0 Å². The second kappa shape index (κ2) is 23.3. The van der Waals surface area contributed by atoms with E-state index < -0.39 is 53.7 Å². The Hall–Kier alpha value is -9.19. The third-order valence-corrected chi connectivity index (χ3v) is 9.69. The quantitative estimate of drug-likeness (QED) is 0.0246. The summed E-state index contributed by atoms with van der Waals surface area (Å²) in [6, 6.07) is 25.8. The molecule has 0 aliphatic rings. The van der Waals surface area contributed by atoms with Crippen molar-refractivity contribution in [1.82, 2.24) is 0 Å². The fourth-order valence-electron chi connectivity index (χ4n) is 6.35. The average molecular weight is 941 g/mol. The van der Waals surface area contributed by atoms with Crippen LogP contribution in [0.25, 0.3) is 32.3 Å². The van der Waals surface area contributed by atoms with E-state index in [1.54, 1.807) is 48.5 Å². The standard InChI is InChI=1S/C51H40O18/c1-3-43(52)62-19-21-64-45(54)15-17-47(56)66-38-12-9-30-23-35(7-5-32(30)25-38)50(60)68-40-14-11-34-29-42(41(49(58)59)28-37(34)27-40)69-51(61)36-8-6-33-26-39(13-10-31(33)24-36)67-48(57)18-16-46(55)65-22-20-63-44(53)4-2/h3-14,23-29H,1-2,15-22H2,(H,58,59). The minimum Gasteiger partial charge on any atom is -0.478 e. The van der Waals surface area contributed by atoms with Gasteiger partial charge in [-0.05, 0) is 105 Å². The SMILES string of the molecule is C=CC(=O)OCCOC(=O)CCC(=O)Oc1ccc2cc(C(=O)Oc3ccc4cc(OC(=O)c5ccc6cc(OC(=O)CCC(=O)OCCOC(=O)C=C)ccc6c5)c(C(=O)O)cc4c3)ccc2c1. The highest BCUT2D eigenvalue weighted by Gasteiger charge is 2.20. The van der Waals surface area contributed by atoms with E-state index in [0.717, 1.165) is 12.2 Å². The molecule has 0 unspecified atom stereocenters. The molecule has 18 heteroatoms. The van der Waals surface area contributed by atoms with Gasteiger partial charge in [0.1, 0.15) is 55.0 Å². The van der Waals surface area contributed by atoms with Crippen molar-refractivity contribution in [1.29, 1.82) is 0 Å². The number of fused-ring (bicyclic) bond motifs is 3. The molecule has 0 bridgehead atoms. The van der Waals surface area contributed by atoms with Crippen molar-refractivity contribution in [3.63, 3.8) is 0 Å². The van der Waals surface area contributed by atoms with Crippen LogP contribution in [-0.2, 0) is 47.7 Å². The predicted octanol–water partition coefficient (Wildman–Crippen LogP) is 7.20. The molecule has 0 heterocycles. The lowest BCUT2D eigenvalue weighted by molar-refractivity contribution is -0.151. The summed E-state index contributed by atoms with van der Waals surface area (Å²) < 4.78 is 41.1. The van der Waals surface area contributed by atoms with E-state index >= 15 is 0 Å². The average Bonchev–Trinajstić information content (AvgIpc) is 3.34. The number of esters is 8. The lowest BCUT2D eigenvalue weighted by Crippen LogP contribution is -2.15. The fourth-order valence-corrected chi connectivity index (χ4v) is 6.35. The van der Waals surface area contributed by atoms with Gasteiger partial charge in [0.2, 0.25) is 0 Å². The summed E-state index contributed by atoms with van der Waals surface area (Å²) in [7, 11) is 0. The summed E-state index contributed by atoms with van der Waals surface area (Å²) in [5.74, 6) is -6.75. The van der Waals surface area contributed by atoms with Gasteiger partial charge in [0.15, 0.2) is 0 Å². The van der Waals surface area contributed by atoms with Crippen molar-refractivity contribution in [2.75, 3.05) is 26.4 Å². The number of rotatable bonds is 21. The molecule has 0 aliphatic heterocycles. The fraction of sp³-hybridized carbons (Fsp3) is 0.157. The highest BCUT2D eigenvalue weighted by molar-refractivity contribution is 6.02. The molecular weight excluding hydrogens is 901 g/mol. The topological polar surface area (TPSA) is 248 Å². The highest BCUT2D eigenvalue weighted by atomic mass is 16.6. The minimum atomic E-state index is -1.39. The van der Waals surface area contributed by atoms with Crippen molar-refractivity contribution in [3.8, 4) is 23.0 Å². The Bertz CT molecular complexity index is 3040. The molecule has 0 spiro atoms. The van der Waals surface area contributed by atoms with Crippen molar-refractivity contribution in [2.45, 2.75) is 25.7 Å². The van der Waals surface area contributed by atoms with E-state index in [4.69, 9.17) is 37.9 Å². The Morgan fingerprint density at radius 3 is 1.25 bits per heavy atom. The molecule has 0 saturated carbocycles. The van der Waals surface area contributed by atoms with Gasteiger partial charge >= 0.3 is 53.7 Å². The number of ether oxygens (including phenoxy) is 8. The number of aromatic carboxylic acids is 1. The molecule has 0 fully saturated rings. The molecule has 0 aliphatic carbocycles. The zero-order valence-corrected chi connectivity index (χ0v) is 36.4. The van der Waals surface area contributed by atoms with Crippen molar-refractivity contribution < 1.29 is 86.2 Å². The van der Waals surface area contributed by atoms with Crippen LogP contribution in [0.1, 0.15) is 56.8 Å². The molecule has 0 aromatic heterocycles. The van der Waals surface area contributed by atoms with Gasteiger partial charge < -0.3 is 43.0 Å². The summed E-state index contributed by atoms with van der Waals surface area (Å²) in [4.78, 5) is 109. The smallest absolute Gasteiger partial charge is 0.343 e. The van der Waals surface area contributed by atoms with E-state index in [2.05, 4.69) is 13.2 Å². The number of hydrogen-bond donors (Lipinski definition) is 1. The minimum absolute atomic E-state index is 0.0949. The lowest BCUT2D eigenvalue weighted by Gasteiger charge is -2.12. The Balaban J connectivity index is 1.02.